The van der Waals surface area contributed by atoms with Crippen molar-refractivity contribution in [1.82, 2.24) is 0 Å². The zero-order valence-electron chi connectivity index (χ0n) is 7.47. The van der Waals surface area contributed by atoms with Gasteiger partial charge in [0.25, 0.3) is 0 Å². The summed E-state index contributed by atoms with van der Waals surface area (Å²) in [6.45, 7) is 0. The maximum atomic E-state index is 9.49. The molecule has 0 amide bonds. The van der Waals surface area contributed by atoms with Crippen LogP contribution in [0.4, 0.5) is 0 Å². The number of rotatable bonds is 2. The quantitative estimate of drug-likeness (QED) is 0.204. The van der Waals surface area contributed by atoms with Crippen molar-refractivity contribution >= 4 is 62.1 Å². The molecule has 0 fully saturated rings. The summed E-state index contributed by atoms with van der Waals surface area (Å²) in [5, 5.41) is 31.1. The SMILES string of the molecule is N#CC(=C=[N-])C=O.N#CC(=C=[N-])C=O.[Ca+2]. The molecule has 0 saturated heterocycles. The second-order valence-electron chi connectivity index (χ2n) is 1.51. The summed E-state index contributed by atoms with van der Waals surface area (Å²) in [6, 6.07) is 2.78. The third-order valence-electron chi connectivity index (χ3n) is 0.718. The van der Waals surface area contributed by atoms with E-state index in [1.54, 1.807) is 0 Å². The van der Waals surface area contributed by atoms with Gasteiger partial charge in [-0.15, -0.1) is 0 Å². The minimum Gasteiger partial charge on any atom is -0.762 e. The molecule has 7 heteroatoms. The summed E-state index contributed by atoms with van der Waals surface area (Å²) >= 11 is 0. The van der Waals surface area contributed by atoms with Crippen LogP contribution in [0.15, 0.2) is 11.1 Å². The molecule has 0 aromatic rings. The van der Waals surface area contributed by atoms with Crippen LogP contribution in [0.1, 0.15) is 0 Å². The second-order valence-corrected chi connectivity index (χ2v) is 1.51. The van der Waals surface area contributed by atoms with Gasteiger partial charge >= 0.3 is 37.7 Å². The Balaban J connectivity index is -0.000000180. The van der Waals surface area contributed by atoms with E-state index in [9.17, 15) is 9.59 Å². The Labute approximate surface area is 116 Å². The van der Waals surface area contributed by atoms with Crippen LogP contribution >= 0.6 is 0 Å². The van der Waals surface area contributed by atoms with Crippen LogP contribution in [0.25, 0.3) is 10.8 Å². The molecule has 0 unspecified atom stereocenters. The van der Waals surface area contributed by atoms with Crippen molar-refractivity contribution < 1.29 is 9.59 Å². The van der Waals surface area contributed by atoms with Crippen molar-refractivity contribution in [2.24, 2.45) is 0 Å². The van der Waals surface area contributed by atoms with E-state index in [2.05, 4.69) is 0 Å². The number of aldehydes is 2. The molecule has 0 N–H and O–H groups in total. The molecule has 0 aliphatic heterocycles. The Bertz CT molecular complexity index is 363. The summed E-state index contributed by atoms with van der Waals surface area (Å²) < 4.78 is 0. The van der Waals surface area contributed by atoms with Gasteiger partial charge in [-0.3, -0.25) is 9.59 Å². The van der Waals surface area contributed by atoms with Crippen LogP contribution < -0.4 is 0 Å². The van der Waals surface area contributed by atoms with Crippen molar-refractivity contribution in [3.8, 4) is 12.1 Å². The molecule has 68 valence electrons. The monoisotopic (exact) mass is 226 g/mol. The topological polar surface area (TPSA) is 126 Å². The standard InChI is InChI=1S/2C4HN2O.Ca/c2*5-1-4(2-6)3-7;/h2*3H;/q2*-1;+2. The number of carbonyl (C=O) groups excluding carboxylic acids is 2. The average molecular weight is 226 g/mol. The molecule has 0 rings (SSSR count). The normalized spacial score (nSPS) is 5.20. The first kappa shape index (κ1) is 19.1. The fourth-order valence-corrected chi connectivity index (χ4v) is 0.155. The third kappa shape index (κ3) is 12.5. The van der Waals surface area contributed by atoms with Crippen LogP contribution in [0.2, 0.25) is 0 Å². The van der Waals surface area contributed by atoms with Gasteiger partial charge in [-0.05, 0) is 0 Å². The van der Waals surface area contributed by atoms with Gasteiger partial charge in [0.2, 0.25) is 0 Å². The van der Waals surface area contributed by atoms with Crippen LogP contribution in [0, 0.1) is 22.7 Å². The van der Waals surface area contributed by atoms with Crippen LogP contribution in [0.3, 0.4) is 0 Å². The first-order chi connectivity index (χ1) is 6.69. The summed E-state index contributed by atoms with van der Waals surface area (Å²) in [4.78, 5) is 19.0. The number of hydrogen-bond donors (Lipinski definition) is 0. The van der Waals surface area contributed by atoms with E-state index in [0.717, 1.165) is 0 Å². The van der Waals surface area contributed by atoms with Gasteiger partial charge in [0.1, 0.15) is 23.3 Å². The van der Waals surface area contributed by atoms with Gasteiger partial charge < -0.3 is 10.8 Å². The van der Waals surface area contributed by atoms with E-state index in [-0.39, 0.29) is 61.5 Å². The summed E-state index contributed by atoms with van der Waals surface area (Å²) in [6.07, 6.45) is 0.444. The van der Waals surface area contributed by atoms with Crippen LogP contribution in [-0.4, -0.2) is 62.1 Å². The first-order valence-electron chi connectivity index (χ1n) is 2.94. The summed E-state index contributed by atoms with van der Waals surface area (Å²) in [5.74, 6) is 2.78. The van der Waals surface area contributed by atoms with E-state index in [1.807, 2.05) is 0 Å². The second kappa shape index (κ2) is 15.0. The molecule has 0 radical (unpaired) electrons. The zero-order chi connectivity index (χ0) is 11.4. The minimum absolute atomic E-state index is 0. The van der Waals surface area contributed by atoms with Crippen molar-refractivity contribution in [2.75, 3.05) is 0 Å². The van der Waals surface area contributed by atoms with E-state index in [1.165, 1.54) is 23.9 Å². The molecule has 0 saturated carbocycles. The Morgan fingerprint density at radius 3 is 1.20 bits per heavy atom. The third-order valence-corrected chi connectivity index (χ3v) is 0.718. The molecule has 6 nitrogen and oxygen atoms in total. The van der Waals surface area contributed by atoms with Crippen LogP contribution in [-0.2, 0) is 9.59 Å². The Morgan fingerprint density at radius 1 is 0.933 bits per heavy atom. The first-order valence-corrected chi connectivity index (χ1v) is 2.94. The van der Waals surface area contributed by atoms with Gasteiger partial charge in [-0.1, -0.05) is 0 Å². The van der Waals surface area contributed by atoms with E-state index in [0.29, 0.717) is 0 Å². The van der Waals surface area contributed by atoms with E-state index in [4.69, 9.17) is 21.3 Å². The minimum atomic E-state index is -0.389. The van der Waals surface area contributed by atoms with Gasteiger partial charge in [-0.2, -0.15) is 10.5 Å². The molecule has 15 heavy (non-hydrogen) atoms. The number of nitriles is 2. The number of hydrogen-bond acceptors (Lipinski definition) is 4. The Kier molecular flexibility index (Phi) is 19.1. The van der Waals surface area contributed by atoms with Gasteiger partial charge in [-0.25, -0.2) is 11.7 Å². The number of nitrogens with zero attached hydrogens (tertiary/aromatic N) is 4. The van der Waals surface area contributed by atoms with E-state index >= 15 is 0 Å². The van der Waals surface area contributed by atoms with Crippen molar-refractivity contribution in [2.45, 2.75) is 0 Å². The average Bonchev–Trinajstić information content (AvgIpc) is 2.24. The predicted octanol–water partition coefficient (Wildman–Crippen LogP) is -0.632. The number of carbonyl (C=O) groups is 2. The van der Waals surface area contributed by atoms with Crippen molar-refractivity contribution in [3.05, 3.63) is 22.0 Å². The molecule has 0 aliphatic carbocycles. The molecule has 0 aliphatic rings. The smallest absolute Gasteiger partial charge is 0.762 e. The van der Waals surface area contributed by atoms with Crippen molar-refractivity contribution in [1.29, 1.82) is 10.5 Å². The zero-order valence-corrected chi connectivity index (χ0v) is 9.68. The fourth-order valence-electron chi connectivity index (χ4n) is 0.155. The Morgan fingerprint density at radius 2 is 1.20 bits per heavy atom. The fraction of sp³-hybridized carbons (Fsp3) is 0. The van der Waals surface area contributed by atoms with E-state index < -0.39 is 0 Å². The maximum absolute atomic E-state index is 9.49. The molecular weight excluding hydrogens is 224 g/mol. The molecule has 0 atom stereocenters. The molecule has 0 heterocycles. The summed E-state index contributed by atoms with van der Waals surface area (Å²) in [5.41, 5.74) is -0.778. The molecule has 0 aromatic carbocycles. The molecule has 0 aromatic heterocycles. The molecular formula is C8H2CaN4O2. The Hall–Kier alpha value is -1.52. The predicted molar refractivity (Wildman–Crippen MR) is 52.9 cm³/mol. The largest absolute Gasteiger partial charge is 2.00 e. The van der Waals surface area contributed by atoms with Gasteiger partial charge in [0.05, 0.1) is 0 Å². The molecule has 0 spiro atoms. The maximum Gasteiger partial charge on any atom is 2.00 e. The van der Waals surface area contributed by atoms with Gasteiger partial charge in [0, 0.05) is 0 Å². The van der Waals surface area contributed by atoms with Crippen molar-refractivity contribution in [3.63, 3.8) is 0 Å². The van der Waals surface area contributed by atoms with Gasteiger partial charge in [0.15, 0.2) is 12.6 Å². The van der Waals surface area contributed by atoms with Crippen LogP contribution in [0.5, 0.6) is 0 Å². The molecule has 0 bridgehead atoms. The number of allylic oxidation sites excluding steroid dienone is 2. The summed E-state index contributed by atoms with van der Waals surface area (Å²) in [7, 11) is 0.